The number of carboxylic acids is 1. The highest BCUT2D eigenvalue weighted by atomic mass is 32.2. The first-order chi connectivity index (χ1) is 23.4. The number of rotatable bonds is 11. The van der Waals surface area contributed by atoms with Gasteiger partial charge in [-0.15, -0.1) is 0 Å². The summed E-state index contributed by atoms with van der Waals surface area (Å²) in [7, 11) is -2.86. The summed E-state index contributed by atoms with van der Waals surface area (Å²) in [5.41, 5.74) is 5.34. The maximum absolute atomic E-state index is 12.0. The second-order valence-electron chi connectivity index (χ2n) is 19.2. The first-order valence-electron chi connectivity index (χ1n) is 20.4. The monoisotopic (exact) mass is 711 g/mol. The van der Waals surface area contributed by atoms with Crippen molar-refractivity contribution >= 4 is 15.8 Å². The highest BCUT2D eigenvalue weighted by Crippen LogP contribution is 2.76. The Bertz CT molecular complexity index is 1480. The first-order valence-corrected chi connectivity index (χ1v) is 22.2. The van der Waals surface area contributed by atoms with Crippen molar-refractivity contribution in [3.05, 3.63) is 35.5 Å². The number of nitrogens with zero attached hydrogens (tertiary/aromatic N) is 1. The third kappa shape index (κ3) is 6.33. The Balaban J connectivity index is 1.25. The molecule has 50 heavy (non-hydrogen) atoms. The molecular formula is C43H70N2O4S. The van der Waals surface area contributed by atoms with Gasteiger partial charge >= 0.3 is 5.97 Å². The summed E-state index contributed by atoms with van der Waals surface area (Å²) in [4.78, 5) is 13.7. The molecule has 0 aromatic carbocycles. The van der Waals surface area contributed by atoms with Gasteiger partial charge in [0.2, 0.25) is 0 Å². The molecule has 4 saturated carbocycles. The van der Waals surface area contributed by atoms with E-state index in [9.17, 15) is 18.3 Å². The normalized spacial score (nSPS) is 42.4. The number of fused-ring (bicyclic) bond motifs is 7. The van der Waals surface area contributed by atoms with Crippen molar-refractivity contribution in [1.82, 2.24) is 10.2 Å². The van der Waals surface area contributed by atoms with Crippen molar-refractivity contribution in [2.45, 2.75) is 137 Å². The lowest BCUT2D eigenvalue weighted by molar-refractivity contribution is -0.221. The molecule has 0 aromatic rings. The molecule has 1 saturated heterocycles. The maximum atomic E-state index is 12.0. The van der Waals surface area contributed by atoms with Gasteiger partial charge in [-0.1, -0.05) is 72.3 Å². The van der Waals surface area contributed by atoms with Gasteiger partial charge in [0.05, 0.1) is 11.5 Å². The molecule has 0 radical (unpaired) electrons. The number of hydrogen-bond acceptors (Lipinski definition) is 5. The lowest BCUT2D eigenvalue weighted by Gasteiger charge is -2.72. The summed E-state index contributed by atoms with van der Waals surface area (Å²) >= 11 is 0. The summed E-state index contributed by atoms with van der Waals surface area (Å²) in [6.07, 6.45) is 19.1. The summed E-state index contributed by atoms with van der Waals surface area (Å²) in [5.74, 6) is 3.08. The third-order valence-electron chi connectivity index (χ3n) is 16.6. The highest BCUT2D eigenvalue weighted by Gasteiger charge is 2.70. The summed E-state index contributed by atoms with van der Waals surface area (Å²) < 4.78 is 24.1. The zero-order valence-corrected chi connectivity index (χ0v) is 33.5. The van der Waals surface area contributed by atoms with Crippen LogP contribution in [0.1, 0.15) is 132 Å². The van der Waals surface area contributed by atoms with Crippen LogP contribution < -0.4 is 5.32 Å². The largest absolute Gasteiger partial charge is 0.481 e. The predicted molar refractivity (Wildman–Crippen MR) is 206 cm³/mol. The number of allylic oxidation sites excluding steroid dienone is 5. The molecule has 7 heteroatoms. The first kappa shape index (κ1) is 38.3. The van der Waals surface area contributed by atoms with Crippen LogP contribution in [0.5, 0.6) is 0 Å². The minimum Gasteiger partial charge on any atom is -0.481 e. The molecule has 0 unspecified atom stereocenters. The van der Waals surface area contributed by atoms with E-state index < -0.39 is 15.8 Å². The van der Waals surface area contributed by atoms with Crippen LogP contribution in [0.4, 0.5) is 0 Å². The molecule has 6 aliphatic rings. The van der Waals surface area contributed by atoms with E-state index in [1.807, 2.05) is 0 Å². The Morgan fingerprint density at radius 3 is 2.36 bits per heavy atom. The molecule has 0 aromatic heterocycles. The number of nitrogens with one attached hydrogen (secondary N) is 1. The van der Waals surface area contributed by atoms with E-state index in [4.69, 9.17) is 0 Å². The number of aliphatic carboxylic acids is 1. The fourth-order valence-electron chi connectivity index (χ4n) is 14.0. The molecule has 0 spiro atoms. The molecule has 0 bridgehead atoms. The number of hydrogen-bond donors (Lipinski definition) is 2. The Morgan fingerprint density at radius 1 is 0.980 bits per heavy atom. The van der Waals surface area contributed by atoms with Crippen LogP contribution in [0.25, 0.3) is 0 Å². The van der Waals surface area contributed by atoms with E-state index in [0.717, 1.165) is 32.4 Å². The average Bonchev–Trinajstić information content (AvgIpc) is 3.42. The molecule has 282 valence electrons. The van der Waals surface area contributed by atoms with E-state index in [2.05, 4.69) is 77.4 Å². The van der Waals surface area contributed by atoms with Gasteiger partial charge in [0.1, 0.15) is 0 Å². The van der Waals surface area contributed by atoms with Crippen LogP contribution in [0.3, 0.4) is 0 Å². The SMILES string of the molecule is C=C(C)[C@@H]1CC[C@]2(NCCN3CCS(=O)(=O)CC3)CC[C@]3(C)[C@H](CC[C@@H]4[C@@]5(C)CC=C(/C(=C/CCC(=O)O)CCC)C(C)(C)[C@@H]5CC[C@]43C)[C@@H]12. The van der Waals surface area contributed by atoms with Gasteiger partial charge in [0.25, 0.3) is 0 Å². The molecule has 2 N–H and O–H groups in total. The van der Waals surface area contributed by atoms with Crippen molar-refractivity contribution in [3.63, 3.8) is 0 Å². The number of sulfone groups is 1. The summed E-state index contributed by atoms with van der Waals surface area (Å²) in [5, 5.41) is 13.5. The van der Waals surface area contributed by atoms with Gasteiger partial charge < -0.3 is 15.3 Å². The topological polar surface area (TPSA) is 86.7 Å². The maximum Gasteiger partial charge on any atom is 0.303 e. The van der Waals surface area contributed by atoms with Crippen LogP contribution in [0.2, 0.25) is 0 Å². The zero-order chi connectivity index (χ0) is 36.3. The fraction of sp³-hybridized carbons (Fsp3) is 0.837. The minimum atomic E-state index is -2.86. The van der Waals surface area contributed by atoms with Crippen LogP contribution in [-0.4, -0.2) is 67.6 Å². The lowest BCUT2D eigenvalue weighted by Crippen LogP contribution is -2.68. The van der Waals surface area contributed by atoms with Crippen LogP contribution in [0, 0.1) is 51.2 Å². The van der Waals surface area contributed by atoms with Gasteiger partial charge in [-0.2, -0.15) is 0 Å². The predicted octanol–water partition coefficient (Wildman–Crippen LogP) is 8.84. The summed E-state index contributed by atoms with van der Waals surface area (Å²) in [6.45, 7) is 25.5. The van der Waals surface area contributed by atoms with Gasteiger partial charge in [-0.25, -0.2) is 8.42 Å². The molecule has 1 aliphatic heterocycles. The minimum absolute atomic E-state index is 0.0665. The van der Waals surface area contributed by atoms with Crippen molar-refractivity contribution in [2.75, 3.05) is 37.7 Å². The smallest absolute Gasteiger partial charge is 0.303 e. The summed E-state index contributed by atoms with van der Waals surface area (Å²) in [6, 6.07) is 0. The second kappa shape index (κ2) is 13.8. The molecular weight excluding hydrogens is 641 g/mol. The quantitative estimate of drug-likeness (QED) is 0.209. The van der Waals surface area contributed by atoms with E-state index in [1.54, 1.807) is 0 Å². The molecule has 0 amide bonds. The third-order valence-corrected chi connectivity index (χ3v) is 18.2. The molecule has 5 fully saturated rings. The lowest BCUT2D eigenvalue weighted by atomic mass is 9.33. The van der Waals surface area contributed by atoms with Crippen molar-refractivity contribution < 1.29 is 18.3 Å². The Kier molecular flexibility index (Phi) is 10.5. The highest BCUT2D eigenvalue weighted by molar-refractivity contribution is 7.91. The Labute approximate surface area is 305 Å². The van der Waals surface area contributed by atoms with E-state index in [1.165, 1.54) is 68.1 Å². The molecule has 5 aliphatic carbocycles. The molecule has 9 atom stereocenters. The average molecular weight is 711 g/mol. The van der Waals surface area contributed by atoms with E-state index in [0.29, 0.717) is 66.0 Å². The Hall–Kier alpha value is -1.44. The van der Waals surface area contributed by atoms with E-state index in [-0.39, 0.29) is 28.2 Å². The van der Waals surface area contributed by atoms with Crippen LogP contribution >= 0.6 is 0 Å². The van der Waals surface area contributed by atoms with Crippen LogP contribution in [-0.2, 0) is 14.6 Å². The number of carbonyl (C=O) groups is 1. The van der Waals surface area contributed by atoms with Crippen LogP contribution in [0.15, 0.2) is 35.5 Å². The van der Waals surface area contributed by atoms with Crippen molar-refractivity contribution in [3.8, 4) is 0 Å². The van der Waals surface area contributed by atoms with E-state index >= 15 is 0 Å². The molecule has 6 rings (SSSR count). The van der Waals surface area contributed by atoms with Crippen molar-refractivity contribution in [1.29, 1.82) is 0 Å². The Morgan fingerprint density at radius 2 is 1.70 bits per heavy atom. The molecule has 1 heterocycles. The van der Waals surface area contributed by atoms with Gasteiger partial charge in [-0.05, 0) is 140 Å². The zero-order valence-electron chi connectivity index (χ0n) is 32.7. The fourth-order valence-corrected chi connectivity index (χ4v) is 15.3. The molecule has 6 nitrogen and oxygen atoms in total. The van der Waals surface area contributed by atoms with Crippen molar-refractivity contribution in [2.24, 2.45) is 51.2 Å². The number of carboxylic acid groups (broad SMARTS) is 1. The standard InChI is InChI=1S/C43H70N2O4S/c1-9-11-31(12-10-13-37(46)47)33-17-19-40(6)35(39(33,4)5)18-20-42(8)36(40)15-14-34-38-32(30(2)3)16-21-43(38,23-22-41(34,42)7)44-24-25-45-26-28-50(48,49)29-27-45/h12,17,32,34-36,38,44H,2,9-11,13-16,18-29H2,1,3-8H3,(H,46,47)/b31-12+/t32-,34+,35-,36+,38+,40-,41+,42+,43-/m0/s1. The van der Waals surface area contributed by atoms with Gasteiger partial charge in [-0.3, -0.25) is 4.79 Å². The van der Waals surface area contributed by atoms with Gasteiger partial charge in [0, 0.05) is 38.1 Å². The van der Waals surface area contributed by atoms with Gasteiger partial charge in [0.15, 0.2) is 9.84 Å². The second-order valence-corrected chi connectivity index (χ2v) is 21.5.